The van der Waals surface area contributed by atoms with E-state index >= 15 is 0 Å². The molecule has 0 aliphatic carbocycles. The molecule has 0 atom stereocenters. The minimum absolute atomic E-state index is 0.906. The molecule has 0 saturated carbocycles. The molecule has 11 aromatic rings. The summed E-state index contributed by atoms with van der Waals surface area (Å²) in [5, 5.41) is 9.93. The van der Waals surface area contributed by atoms with Gasteiger partial charge in [0.15, 0.2) is 0 Å². The van der Waals surface area contributed by atoms with Crippen LogP contribution in [-0.4, -0.2) is 8.97 Å². The first-order valence-electron chi connectivity index (χ1n) is 15.5. The van der Waals surface area contributed by atoms with Crippen molar-refractivity contribution in [3.05, 3.63) is 146 Å². The Hall–Kier alpha value is -6.06. The molecule has 0 saturated heterocycles. The Morgan fingerprint density at radius 3 is 1.89 bits per heavy atom. The van der Waals surface area contributed by atoms with Gasteiger partial charge in [0.25, 0.3) is 0 Å². The summed E-state index contributed by atoms with van der Waals surface area (Å²) in [6, 6.07) is 52.7. The van der Waals surface area contributed by atoms with Crippen LogP contribution in [0.3, 0.4) is 0 Å². The second kappa shape index (κ2) is 8.31. The minimum atomic E-state index is 0.906. The zero-order valence-corrected chi connectivity index (χ0v) is 24.2. The maximum absolute atomic E-state index is 6.55. The van der Waals surface area contributed by atoms with E-state index < -0.39 is 0 Å². The lowest BCUT2D eigenvalue weighted by Crippen LogP contribution is -1.95. The lowest BCUT2D eigenvalue weighted by Gasteiger charge is -2.12. The van der Waals surface area contributed by atoms with Crippen molar-refractivity contribution in [2.45, 2.75) is 0 Å². The third-order valence-corrected chi connectivity index (χ3v) is 9.83. The van der Waals surface area contributed by atoms with Crippen molar-refractivity contribution in [1.82, 2.24) is 8.97 Å². The predicted octanol–water partition coefficient (Wildman–Crippen LogP) is 11.5. The summed E-state index contributed by atoms with van der Waals surface area (Å²) in [5.74, 6) is 0. The van der Waals surface area contributed by atoms with Gasteiger partial charge in [-0.3, -0.25) is 0 Å². The summed E-state index contributed by atoms with van der Waals surface area (Å²) >= 11 is 0. The van der Waals surface area contributed by atoms with Crippen molar-refractivity contribution in [2.24, 2.45) is 0 Å². The maximum atomic E-state index is 6.55. The van der Waals surface area contributed by atoms with E-state index in [1.165, 1.54) is 59.9 Å². The van der Waals surface area contributed by atoms with Gasteiger partial charge in [0.05, 0.1) is 27.6 Å². The molecule has 0 aliphatic rings. The SMILES string of the molecule is c1ccc(-c2cc(-n3c4cccc5c6ccccc6n6c7ccccc7c7ccc3c(c54)c76)cc3c2oc2ccccc23)cc1. The molecule has 0 spiro atoms. The molecule has 4 heterocycles. The van der Waals surface area contributed by atoms with Crippen LogP contribution in [0.15, 0.2) is 150 Å². The molecular formula is C42H24N2O. The standard InChI is InChI=1S/C42H24N2O/c1-2-11-25(12-3-1)32-23-26(24-33-29-15-6-9-20-38(29)45-42(32)33)43-36-19-10-16-30-27-13-4-7-17-34(27)44-35-18-8-5-14-28(35)31-21-22-37(43)40(39(30)36)41(31)44/h1-24H. The molecule has 0 bridgehead atoms. The number of nitrogens with zero attached hydrogens (tertiary/aromatic N) is 2. The Kier molecular flexibility index (Phi) is 4.32. The molecular weight excluding hydrogens is 548 g/mol. The monoisotopic (exact) mass is 572 g/mol. The van der Waals surface area contributed by atoms with Gasteiger partial charge in [0, 0.05) is 49.0 Å². The third-order valence-electron chi connectivity index (χ3n) is 9.83. The van der Waals surface area contributed by atoms with E-state index in [1.807, 2.05) is 6.07 Å². The molecule has 4 aromatic heterocycles. The Balaban J connectivity index is 1.39. The maximum Gasteiger partial charge on any atom is 0.143 e. The van der Waals surface area contributed by atoms with E-state index in [0.29, 0.717) is 0 Å². The second-order valence-electron chi connectivity index (χ2n) is 12.1. The van der Waals surface area contributed by atoms with Crippen LogP contribution >= 0.6 is 0 Å². The van der Waals surface area contributed by atoms with Gasteiger partial charge in [-0.15, -0.1) is 0 Å². The topological polar surface area (TPSA) is 22.5 Å². The molecule has 0 N–H and O–H groups in total. The number of furan rings is 1. The van der Waals surface area contributed by atoms with Gasteiger partial charge in [-0.2, -0.15) is 0 Å². The van der Waals surface area contributed by atoms with E-state index in [1.54, 1.807) is 0 Å². The van der Waals surface area contributed by atoms with Gasteiger partial charge < -0.3 is 13.4 Å². The molecule has 0 aliphatic heterocycles. The van der Waals surface area contributed by atoms with Crippen LogP contribution in [0, 0.1) is 0 Å². The van der Waals surface area contributed by atoms with Gasteiger partial charge in [-0.05, 0) is 53.4 Å². The predicted molar refractivity (Wildman–Crippen MR) is 188 cm³/mol. The fourth-order valence-electron chi connectivity index (χ4n) is 8.02. The average Bonchev–Trinajstić information content (AvgIpc) is 3.73. The number of fused-ring (bicyclic) bond motifs is 9. The highest BCUT2D eigenvalue weighted by Gasteiger charge is 2.24. The Labute approximate surface area is 257 Å². The summed E-state index contributed by atoms with van der Waals surface area (Å²) in [7, 11) is 0. The molecule has 45 heavy (non-hydrogen) atoms. The number of hydrogen-bond acceptors (Lipinski definition) is 1. The van der Waals surface area contributed by atoms with Crippen LogP contribution in [0.1, 0.15) is 0 Å². The van der Waals surface area contributed by atoms with Crippen LogP contribution in [0.2, 0.25) is 0 Å². The first-order chi connectivity index (χ1) is 22.3. The Bertz CT molecular complexity index is 2970. The molecule has 3 nitrogen and oxygen atoms in total. The van der Waals surface area contributed by atoms with Crippen molar-refractivity contribution >= 4 is 81.8 Å². The van der Waals surface area contributed by atoms with E-state index in [-0.39, 0.29) is 0 Å². The molecule has 0 unspecified atom stereocenters. The smallest absolute Gasteiger partial charge is 0.143 e. The highest BCUT2D eigenvalue weighted by atomic mass is 16.3. The van der Waals surface area contributed by atoms with E-state index in [2.05, 4.69) is 148 Å². The van der Waals surface area contributed by atoms with Gasteiger partial charge >= 0.3 is 0 Å². The van der Waals surface area contributed by atoms with Crippen LogP contribution in [0.5, 0.6) is 0 Å². The normalized spacial score (nSPS) is 12.4. The van der Waals surface area contributed by atoms with Crippen molar-refractivity contribution in [3.8, 4) is 16.8 Å². The van der Waals surface area contributed by atoms with Crippen molar-refractivity contribution in [3.63, 3.8) is 0 Å². The van der Waals surface area contributed by atoms with Gasteiger partial charge in [-0.1, -0.05) is 103 Å². The van der Waals surface area contributed by atoms with Gasteiger partial charge in [0.1, 0.15) is 11.2 Å². The summed E-state index contributed by atoms with van der Waals surface area (Å²) in [5.41, 5.74) is 11.3. The molecule has 0 radical (unpaired) electrons. The fourth-order valence-corrected chi connectivity index (χ4v) is 8.02. The van der Waals surface area contributed by atoms with Gasteiger partial charge in [0.2, 0.25) is 0 Å². The summed E-state index contributed by atoms with van der Waals surface area (Å²) < 4.78 is 11.5. The Morgan fingerprint density at radius 2 is 1.07 bits per heavy atom. The number of rotatable bonds is 2. The summed E-state index contributed by atoms with van der Waals surface area (Å²) in [4.78, 5) is 0. The molecule has 0 fully saturated rings. The highest BCUT2D eigenvalue weighted by molar-refractivity contribution is 6.33. The van der Waals surface area contributed by atoms with Crippen LogP contribution in [0.4, 0.5) is 0 Å². The zero-order chi connectivity index (χ0) is 29.2. The van der Waals surface area contributed by atoms with Gasteiger partial charge in [-0.25, -0.2) is 0 Å². The van der Waals surface area contributed by atoms with Crippen LogP contribution in [-0.2, 0) is 0 Å². The van der Waals surface area contributed by atoms with Crippen molar-refractivity contribution < 1.29 is 4.42 Å². The fraction of sp³-hybridized carbons (Fsp3) is 0. The van der Waals surface area contributed by atoms with Crippen LogP contribution in [0.25, 0.3) is 98.7 Å². The lowest BCUT2D eigenvalue weighted by atomic mass is 10.0. The molecule has 0 amide bonds. The number of para-hydroxylation sites is 3. The largest absolute Gasteiger partial charge is 0.455 e. The third kappa shape index (κ3) is 2.90. The minimum Gasteiger partial charge on any atom is -0.455 e. The molecule has 7 aromatic carbocycles. The first kappa shape index (κ1) is 23.4. The molecule has 3 heteroatoms. The van der Waals surface area contributed by atoms with E-state index in [0.717, 1.165) is 38.8 Å². The summed E-state index contributed by atoms with van der Waals surface area (Å²) in [6.45, 7) is 0. The number of hydrogen-bond donors (Lipinski definition) is 0. The van der Waals surface area contributed by atoms with E-state index in [4.69, 9.17) is 4.42 Å². The first-order valence-corrected chi connectivity index (χ1v) is 15.5. The summed E-state index contributed by atoms with van der Waals surface area (Å²) in [6.07, 6.45) is 0. The second-order valence-corrected chi connectivity index (χ2v) is 12.1. The lowest BCUT2D eigenvalue weighted by molar-refractivity contribution is 0.670. The molecule has 208 valence electrons. The number of benzene rings is 7. The average molecular weight is 573 g/mol. The van der Waals surface area contributed by atoms with Crippen LogP contribution < -0.4 is 0 Å². The van der Waals surface area contributed by atoms with Crippen molar-refractivity contribution in [2.75, 3.05) is 0 Å². The molecule has 11 rings (SSSR count). The zero-order valence-electron chi connectivity index (χ0n) is 24.2. The van der Waals surface area contributed by atoms with Crippen molar-refractivity contribution in [1.29, 1.82) is 0 Å². The quantitative estimate of drug-likeness (QED) is 0.202. The number of aromatic nitrogens is 2. The highest BCUT2D eigenvalue weighted by Crippen LogP contribution is 2.46. The van der Waals surface area contributed by atoms with E-state index in [9.17, 15) is 0 Å². The Morgan fingerprint density at radius 1 is 0.422 bits per heavy atom.